The predicted octanol–water partition coefficient (Wildman–Crippen LogP) is 0.832. The number of nitrogens with two attached hydrogens (primary N) is 1. The highest BCUT2D eigenvalue weighted by molar-refractivity contribution is 5.76. The molecule has 1 atom stereocenters. The van der Waals surface area contributed by atoms with Gasteiger partial charge in [-0.05, 0) is 26.2 Å². The highest BCUT2D eigenvalue weighted by Gasteiger charge is 2.22. The molecule has 1 aliphatic rings. The summed E-state index contributed by atoms with van der Waals surface area (Å²) in [5.41, 5.74) is 5.52. The molecule has 0 aliphatic carbocycles. The third-order valence-electron chi connectivity index (χ3n) is 3.45. The number of pyridine rings is 1. The fraction of sp³-hybridized carbons (Fsp3) is 0.538. The van der Waals surface area contributed by atoms with Gasteiger partial charge in [-0.15, -0.1) is 0 Å². The minimum atomic E-state index is -0.204. The molecule has 0 saturated carbocycles. The van der Waals surface area contributed by atoms with E-state index in [0.29, 0.717) is 6.04 Å². The number of anilines is 1. The van der Waals surface area contributed by atoms with Crippen molar-refractivity contribution in [3.63, 3.8) is 0 Å². The molecule has 5 nitrogen and oxygen atoms in total. The van der Waals surface area contributed by atoms with E-state index in [2.05, 4.69) is 6.92 Å². The zero-order valence-electron chi connectivity index (χ0n) is 10.6. The van der Waals surface area contributed by atoms with Crippen LogP contribution in [0.2, 0.25) is 0 Å². The molecule has 1 unspecified atom stereocenters. The molecule has 2 rings (SSSR count). The fourth-order valence-corrected chi connectivity index (χ4v) is 2.36. The maximum Gasteiger partial charge on any atom is 0.242 e. The number of nitrogen functional groups attached to an aromatic ring is 1. The first kappa shape index (κ1) is 12.7. The standard InChI is InChI=1S/C13H19N3O2/c1-10-4-2-3-6-16(10)13(18)9-15-7-5-12(17)11(14)8-15/h5,7-8,10H,2-4,6,9,14H2,1H3. The van der Waals surface area contributed by atoms with Crippen LogP contribution in [-0.2, 0) is 11.3 Å². The average Bonchev–Trinajstić information content (AvgIpc) is 2.34. The molecule has 18 heavy (non-hydrogen) atoms. The summed E-state index contributed by atoms with van der Waals surface area (Å²) in [6.45, 7) is 3.15. The Balaban J connectivity index is 2.06. The van der Waals surface area contributed by atoms with Crippen LogP contribution in [0, 0.1) is 0 Å². The number of rotatable bonds is 2. The van der Waals surface area contributed by atoms with Crippen LogP contribution in [-0.4, -0.2) is 28.0 Å². The maximum absolute atomic E-state index is 12.2. The summed E-state index contributed by atoms with van der Waals surface area (Å²) in [5, 5.41) is 0. The molecule has 0 spiro atoms. The summed E-state index contributed by atoms with van der Waals surface area (Å²) in [6, 6.07) is 1.70. The molecule has 2 N–H and O–H groups in total. The molecule has 1 fully saturated rings. The van der Waals surface area contributed by atoms with Gasteiger partial charge < -0.3 is 15.2 Å². The van der Waals surface area contributed by atoms with Crippen molar-refractivity contribution in [3.8, 4) is 0 Å². The summed E-state index contributed by atoms with van der Waals surface area (Å²) in [6.07, 6.45) is 6.45. The van der Waals surface area contributed by atoms with Crippen LogP contribution < -0.4 is 11.2 Å². The van der Waals surface area contributed by atoms with Gasteiger partial charge in [0.05, 0.1) is 5.69 Å². The topological polar surface area (TPSA) is 68.3 Å². The van der Waals surface area contributed by atoms with Crippen LogP contribution in [0.15, 0.2) is 23.3 Å². The average molecular weight is 249 g/mol. The van der Waals surface area contributed by atoms with Gasteiger partial charge in [-0.3, -0.25) is 9.59 Å². The molecule has 1 aromatic rings. The van der Waals surface area contributed by atoms with E-state index >= 15 is 0 Å². The molecule has 1 amide bonds. The van der Waals surface area contributed by atoms with Crippen molar-refractivity contribution in [2.24, 2.45) is 0 Å². The molecule has 0 radical (unpaired) electrons. The summed E-state index contributed by atoms with van der Waals surface area (Å²) in [5.74, 6) is 0.0882. The smallest absolute Gasteiger partial charge is 0.242 e. The molecule has 0 bridgehead atoms. The Kier molecular flexibility index (Phi) is 3.69. The molecule has 5 heteroatoms. The second-order valence-electron chi connectivity index (χ2n) is 4.87. The lowest BCUT2D eigenvalue weighted by Gasteiger charge is -2.33. The van der Waals surface area contributed by atoms with E-state index < -0.39 is 0 Å². The van der Waals surface area contributed by atoms with Crippen molar-refractivity contribution in [1.82, 2.24) is 9.47 Å². The van der Waals surface area contributed by atoms with Crippen molar-refractivity contribution < 1.29 is 4.79 Å². The first-order chi connectivity index (χ1) is 8.58. The molecule has 98 valence electrons. The highest BCUT2D eigenvalue weighted by Crippen LogP contribution is 2.16. The van der Waals surface area contributed by atoms with Crippen LogP contribution in [0.3, 0.4) is 0 Å². The molecular weight excluding hydrogens is 230 g/mol. The number of amides is 1. The Morgan fingerprint density at radius 1 is 1.50 bits per heavy atom. The largest absolute Gasteiger partial charge is 0.394 e. The summed E-state index contributed by atoms with van der Waals surface area (Å²) in [7, 11) is 0. The van der Waals surface area contributed by atoms with E-state index in [9.17, 15) is 9.59 Å². The van der Waals surface area contributed by atoms with Gasteiger partial charge in [0.25, 0.3) is 0 Å². The number of carbonyl (C=O) groups excluding carboxylic acids is 1. The minimum absolute atomic E-state index is 0.0882. The third kappa shape index (κ3) is 2.72. The number of likely N-dealkylation sites (tertiary alicyclic amines) is 1. The lowest BCUT2D eigenvalue weighted by molar-refractivity contribution is -0.135. The Labute approximate surface area is 106 Å². The van der Waals surface area contributed by atoms with Crippen molar-refractivity contribution >= 4 is 11.6 Å². The van der Waals surface area contributed by atoms with Gasteiger partial charge in [0.15, 0.2) is 0 Å². The Morgan fingerprint density at radius 2 is 2.28 bits per heavy atom. The lowest BCUT2D eigenvalue weighted by atomic mass is 10.0. The van der Waals surface area contributed by atoms with Crippen LogP contribution in [0.25, 0.3) is 0 Å². The highest BCUT2D eigenvalue weighted by atomic mass is 16.2. The van der Waals surface area contributed by atoms with E-state index in [-0.39, 0.29) is 23.6 Å². The normalized spacial score (nSPS) is 19.8. The first-order valence-corrected chi connectivity index (χ1v) is 6.33. The summed E-state index contributed by atoms with van der Waals surface area (Å²) < 4.78 is 1.67. The van der Waals surface area contributed by atoms with Crippen LogP contribution in [0.5, 0.6) is 0 Å². The maximum atomic E-state index is 12.2. The number of hydrogen-bond donors (Lipinski definition) is 1. The first-order valence-electron chi connectivity index (χ1n) is 6.33. The quantitative estimate of drug-likeness (QED) is 0.844. The summed E-state index contributed by atoms with van der Waals surface area (Å²) in [4.78, 5) is 25.3. The van der Waals surface area contributed by atoms with Gasteiger partial charge in [-0.1, -0.05) is 0 Å². The van der Waals surface area contributed by atoms with E-state index in [1.807, 2.05) is 4.90 Å². The van der Waals surface area contributed by atoms with Gasteiger partial charge in [-0.25, -0.2) is 0 Å². The second-order valence-corrected chi connectivity index (χ2v) is 4.87. The number of hydrogen-bond acceptors (Lipinski definition) is 3. The number of nitrogens with zero attached hydrogens (tertiary/aromatic N) is 2. The van der Waals surface area contributed by atoms with Crippen LogP contribution in [0.4, 0.5) is 5.69 Å². The lowest BCUT2D eigenvalue weighted by Crippen LogP contribution is -2.43. The Hall–Kier alpha value is -1.78. The predicted molar refractivity (Wildman–Crippen MR) is 70.1 cm³/mol. The van der Waals surface area contributed by atoms with E-state index in [0.717, 1.165) is 19.4 Å². The fourth-order valence-electron chi connectivity index (χ4n) is 2.36. The number of aromatic nitrogens is 1. The van der Waals surface area contributed by atoms with Crippen molar-refractivity contribution in [3.05, 3.63) is 28.7 Å². The van der Waals surface area contributed by atoms with Crippen LogP contribution >= 0.6 is 0 Å². The molecular formula is C13H19N3O2. The molecule has 1 saturated heterocycles. The molecule has 0 aromatic carbocycles. The van der Waals surface area contributed by atoms with Crippen molar-refractivity contribution in [1.29, 1.82) is 0 Å². The minimum Gasteiger partial charge on any atom is -0.394 e. The van der Waals surface area contributed by atoms with Gasteiger partial charge in [0.1, 0.15) is 6.54 Å². The van der Waals surface area contributed by atoms with Crippen molar-refractivity contribution in [2.75, 3.05) is 12.3 Å². The number of piperidine rings is 1. The van der Waals surface area contributed by atoms with E-state index in [4.69, 9.17) is 5.73 Å². The second kappa shape index (κ2) is 5.25. The van der Waals surface area contributed by atoms with Crippen molar-refractivity contribution in [2.45, 2.75) is 38.8 Å². The zero-order valence-corrected chi connectivity index (χ0v) is 10.6. The number of carbonyl (C=O) groups is 1. The van der Waals surface area contributed by atoms with Crippen LogP contribution in [0.1, 0.15) is 26.2 Å². The monoisotopic (exact) mass is 249 g/mol. The van der Waals surface area contributed by atoms with E-state index in [1.165, 1.54) is 18.7 Å². The SMILES string of the molecule is CC1CCCCN1C(=O)Cn1ccc(=O)c(N)c1. The summed E-state index contributed by atoms with van der Waals surface area (Å²) >= 11 is 0. The zero-order chi connectivity index (χ0) is 13.1. The van der Waals surface area contributed by atoms with Gasteiger partial charge >= 0.3 is 0 Å². The molecule has 1 aliphatic heterocycles. The Morgan fingerprint density at radius 3 is 2.94 bits per heavy atom. The molecule has 1 aromatic heterocycles. The van der Waals surface area contributed by atoms with E-state index in [1.54, 1.807) is 10.8 Å². The third-order valence-corrected chi connectivity index (χ3v) is 3.45. The molecule has 2 heterocycles. The van der Waals surface area contributed by atoms with Gasteiger partial charge in [0, 0.05) is 31.0 Å². The van der Waals surface area contributed by atoms with Gasteiger partial charge in [-0.2, -0.15) is 0 Å². The van der Waals surface area contributed by atoms with Gasteiger partial charge in [0.2, 0.25) is 11.3 Å². The Bertz CT molecular complexity index is 495.